The van der Waals surface area contributed by atoms with Crippen LogP contribution in [0.25, 0.3) is 11.0 Å². The van der Waals surface area contributed by atoms with Gasteiger partial charge in [0.25, 0.3) is 0 Å². The Morgan fingerprint density at radius 3 is 2.88 bits per heavy atom. The van der Waals surface area contributed by atoms with E-state index in [1.165, 1.54) is 6.42 Å². The number of aromatic amines is 1. The predicted octanol–water partition coefficient (Wildman–Crippen LogP) is 5.32. The van der Waals surface area contributed by atoms with E-state index in [-0.39, 0.29) is 23.9 Å². The average Bonchev–Trinajstić information content (AvgIpc) is 3.28. The van der Waals surface area contributed by atoms with Gasteiger partial charge in [-0.15, -0.1) is 0 Å². The molecule has 0 bridgehead atoms. The van der Waals surface area contributed by atoms with E-state index in [1.807, 2.05) is 18.2 Å². The Labute approximate surface area is 159 Å². The fourth-order valence-electron chi connectivity index (χ4n) is 4.42. The van der Waals surface area contributed by atoms with Crippen LogP contribution in [0.1, 0.15) is 58.2 Å². The topological polar surface area (TPSA) is 55.0 Å². The molecule has 1 aromatic carbocycles. The van der Waals surface area contributed by atoms with Crippen LogP contribution in [0.15, 0.2) is 18.2 Å². The van der Waals surface area contributed by atoms with Crippen molar-refractivity contribution in [3.63, 3.8) is 0 Å². The second kappa shape index (κ2) is 6.88. The highest BCUT2D eigenvalue weighted by Gasteiger charge is 2.48. The van der Waals surface area contributed by atoms with Crippen molar-refractivity contribution >= 4 is 28.6 Å². The third-order valence-electron chi connectivity index (χ3n) is 6.14. The molecule has 0 radical (unpaired) electrons. The maximum Gasteiger partial charge on any atom is 0.309 e. The second-order valence-electron chi connectivity index (χ2n) is 8.53. The predicted molar refractivity (Wildman–Crippen MR) is 103 cm³/mol. The Bertz CT molecular complexity index is 815. The maximum atomic E-state index is 12.7. The van der Waals surface area contributed by atoms with Gasteiger partial charge in [-0.3, -0.25) is 4.79 Å². The van der Waals surface area contributed by atoms with Gasteiger partial charge in [0.05, 0.1) is 17.0 Å². The molecule has 5 heteroatoms. The van der Waals surface area contributed by atoms with E-state index in [9.17, 15) is 4.79 Å². The average molecular weight is 375 g/mol. The van der Waals surface area contributed by atoms with Gasteiger partial charge in [0.2, 0.25) is 0 Å². The van der Waals surface area contributed by atoms with Crippen LogP contribution in [-0.4, -0.2) is 22.0 Å². The van der Waals surface area contributed by atoms with Crippen LogP contribution in [0.4, 0.5) is 0 Å². The Morgan fingerprint density at radius 1 is 1.31 bits per heavy atom. The van der Waals surface area contributed by atoms with Crippen LogP contribution in [0, 0.1) is 23.7 Å². The third-order valence-corrected chi connectivity index (χ3v) is 6.37. The number of rotatable bonds is 4. The molecule has 1 heterocycles. The second-order valence-corrected chi connectivity index (χ2v) is 8.97. The van der Waals surface area contributed by atoms with Gasteiger partial charge < -0.3 is 9.72 Å². The Hall–Kier alpha value is -1.55. The Kier molecular flexibility index (Phi) is 4.72. The largest absolute Gasteiger partial charge is 0.462 e. The molecular weight excluding hydrogens is 348 g/mol. The van der Waals surface area contributed by atoms with E-state index < -0.39 is 0 Å². The van der Waals surface area contributed by atoms with E-state index in [4.69, 9.17) is 16.3 Å². The monoisotopic (exact) mass is 374 g/mol. The first kappa shape index (κ1) is 17.8. The summed E-state index contributed by atoms with van der Waals surface area (Å²) in [5.74, 6) is 2.59. The molecule has 140 valence electrons. The van der Waals surface area contributed by atoms with E-state index in [2.05, 4.69) is 30.7 Å². The van der Waals surface area contributed by atoms with E-state index in [1.54, 1.807) is 0 Å². The fourth-order valence-corrected chi connectivity index (χ4v) is 4.59. The van der Waals surface area contributed by atoms with Crippen molar-refractivity contribution in [1.82, 2.24) is 9.97 Å². The summed E-state index contributed by atoms with van der Waals surface area (Å²) in [6.45, 7) is 6.73. The standard InChI is InChI=1S/C21H27ClN2O2/c1-11(2)14-6-4-12(3)8-19(14)26-21(25)16-10-15(16)20-23-17-7-5-13(22)9-18(17)24-20/h5,7,9,11-12,14-16,19H,4,6,8,10H2,1-3H3,(H,23,24)/t12-,14+,15+,16?,19-/m1/s1. The van der Waals surface area contributed by atoms with Crippen molar-refractivity contribution in [2.75, 3.05) is 0 Å². The number of imidazole rings is 1. The number of nitrogens with zero attached hydrogens (tertiary/aromatic N) is 1. The lowest BCUT2D eigenvalue weighted by molar-refractivity contribution is -0.157. The molecule has 4 nitrogen and oxygen atoms in total. The molecule has 2 fully saturated rings. The first-order chi connectivity index (χ1) is 12.4. The van der Waals surface area contributed by atoms with Gasteiger partial charge in [-0.1, -0.05) is 38.8 Å². The number of carbonyl (C=O) groups excluding carboxylic acids is 1. The quantitative estimate of drug-likeness (QED) is 0.736. The molecular formula is C21H27ClN2O2. The van der Waals surface area contributed by atoms with Gasteiger partial charge >= 0.3 is 5.97 Å². The zero-order valence-electron chi connectivity index (χ0n) is 15.7. The highest BCUT2D eigenvalue weighted by molar-refractivity contribution is 6.31. The summed E-state index contributed by atoms with van der Waals surface area (Å²) < 4.78 is 6.00. The summed E-state index contributed by atoms with van der Waals surface area (Å²) in [7, 11) is 0. The summed E-state index contributed by atoms with van der Waals surface area (Å²) in [6.07, 6.45) is 4.29. The number of aromatic nitrogens is 2. The molecule has 2 saturated carbocycles. The molecule has 0 spiro atoms. The number of benzene rings is 1. The van der Waals surface area contributed by atoms with Gasteiger partial charge in [-0.25, -0.2) is 4.98 Å². The van der Waals surface area contributed by atoms with E-state index in [0.29, 0.717) is 22.8 Å². The molecule has 26 heavy (non-hydrogen) atoms. The normalized spacial score (nSPS) is 31.3. The number of hydrogen-bond acceptors (Lipinski definition) is 3. The smallest absolute Gasteiger partial charge is 0.309 e. The van der Waals surface area contributed by atoms with Gasteiger partial charge in [0, 0.05) is 10.9 Å². The van der Waals surface area contributed by atoms with Crippen molar-refractivity contribution < 1.29 is 9.53 Å². The molecule has 2 aromatic rings. The Morgan fingerprint density at radius 2 is 2.12 bits per heavy atom. The van der Waals surface area contributed by atoms with Crippen molar-refractivity contribution in [2.24, 2.45) is 23.7 Å². The maximum absolute atomic E-state index is 12.7. The van der Waals surface area contributed by atoms with Gasteiger partial charge in [-0.2, -0.15) is 0 Å². The summed E-state index contributed by atoms with van der Waals surface area (Å²) in [5.41, 5.74) is 1.82. The van der Waals surface area contributed by atoms with Crippen molar-refractivity contribution in [2.45, 2.75) is 58.5 Å². The number of hydrogen-bond donors (Lipinski definition) is 1. The molecule has 0 aliphatic heterocycles. The summed E-state index contributed by atoms with van der Waals surface area (Å²) in [4.78, 5) is 20.7. The SMILES string of the molecule is CC(C)[C@@H]1CC[C@@H](C)C[C@H]1OC(=O)C1C[C@@H]1c1nc2ccc(Cl)cc2[nH]1. The van der Waals surface area contributed by atoms with Crippen LogP contribution in [0.2, 0.25) is 5.02 Å². The molecule has 5 atom stereocenters. The van der Waals surface area contributed by atoms with E-state index in [0.717, 1.165) is 36.1 Å². The lowest BCUT2D eigenvalue weighted by Gasteiger charge is -2.36. The van der Waals surface area contributed by atoms with Crippen molar-refractivity contribution in [3.05, 3.63) is 29.0 Å². The molecule has 2 aliphatic rings. The van der Waals surface area contributed by atoms with Crippen molar-refractivity contribution in [3.8, 4) is 0 Å². The number of carbonyl (C=O) groups is 1. The van der Waals surface area contributed by atoms with Crippen LogP contribution < -0.4 is 0 Å². The molecule has 1 unspecified atom stereocenters. The summed E-state index contributed by atoms with van der Waals surface area (Å²) in [5, 5.41) is 0.686. The lowest BCUT2D eigenvalue weighted by Crippen LogP contribution is -2.36. The highest BCUT2D eigenvalue weighted by Crippen LogP contribution is 2.48. The van der Waals surface area contributed by atoms with E-state index >= 15 is 0 Å². The number of H-pyrrole nitrogens is 1. The Balaban J connectivity index is 1.42. The minimum atomic E-state index is -0.0592. The number of ether oxygens (including phenoxy) is 1. The molecule has 0 amide bonds. The van der Waals surface area contributed by atoms with Crippen molar-refractivity contribution in [1.29, 1.82) is 0 Å². The number of halogens is 1. The first-order valence-corrected chi connectivity index (χ1v) is 10.2. The molecule has 2 aliphatic carbocycles. The number of nitrogens with one attached hydrogen (secondary N) is 1. The molecule has 4 rings (SSSR count). The third kappa shape index (κ3) is 3.48. The fraction of sp³-hybridized carbons (Fsp3) is 0.619. The van der Waals surface area contributed by atoms with Gasteiger partial charge in [0.1, 0.15) is 11.9 Å². The van der Waals surface area contributed by atoms with Crippen LogP contribution in [-0.2, 0) is 9.53 Å². The lowest BCUT2D eigenvalue weighted by atomic mass is 9.75. The molecule has 0 saturated heterocycles. The minimum absolute atomic E-state index is 0.0433. The summed E-state index contributed by atoms with van der Waals surface area (Å²) in [6, 6.07) is 5.62. The first-order valence-electron chi connectivity index (χ1n) is 9.78. The van der Waals surface area contributed by atoms with Crippen LogP contribution in [0.5, 0.6) is 0 Å². The van der Waals surface area contributed by atoms with Gasteiger partial charge in [-0.05, 0) is 55.2 Å². The highest BCUT2D eigenvalue weighted by atomic mass is 35.5. The minimum Gasteiger partial charge on any atom is -0.462 e. The van der Waals surface area contributed by atoms with Crippen LogP contribution in [0.3, 0.4) is 0 Å². The zero-order chi connectivity index (χ0) is 18.4. The summed E-state index contributed by atoms with van der Waals surface area (Å²) >= 11 is 6.04. The molecule has 1 aromatic heterocycles. The number of fused-ring (bicyclic) bond motifs is 1. The number of esters is 1. The zero-order valence-corrected chi connectivity index (χ0v) is 16.4. The molecule has 1 N–H and O–H groups in total. The van der Waals surface area contributed by atoms with Gasteiger partial charge in [0.15, 0.2) is 0 Å². The van der Waals surface area contributed by atoms with Crippen LogP contribution >= 0.6 is 11.6 Å².